The molecule has 0 saturated heterocycles. The van der Waals surface area contributed by atoms with Gasteiger partial charge in [0.2, 0.25) is 0 Å². The molecule has 0 bridgehead atoms. The highest BCUT2D eigenvalue weighted by Gasteiger charge is 2.01. The first-order chi connectivity index (χ1) is 8.33. The molecule has 1 aromatic rings. The Bertz CT molecular complexity index is 311. The van der Waals surface area contributed by atoms with Gasteiger partial charge in [0.15, 0.2) is 0 Å². The summed E-state index contributed by atoms with van der Waals surface area (Å²) in [4.78, 5) is 11.2. The van der Waals surface area contributed by atoms with E-state index in [2.05, 4.69) is 40.2 Å². The summed E-state index contributed by atoms with van der Waals surface area (Å²) >= 11 is 3.22. The Hall–Kier alpha value is -0.830. The van der Waals surface area contributed by atoms with Crippen LogP contribution >= 0.6 is 15.9 Å². The highest BCUT2D eigenvalue weighted by atomic mass is 79.9. The predicted molar refractivity (Wildman–Crippen MR) is 73.4 cm³/mol. The van der Waals surface area contributed by atoms with Crippen LogP contribution in [-0.4, -0.2) is 17.9 Å². The average molecular weight is 299 g/mol. The number of alkyl halides is 1. The third-order valence-corrected chi connectivity index (χ3v) is 2.85. The second kappa shape index (κ2) is 9.23. The predicted octanol–water partition coefficient (Wildman–Crippen LogP) is 3.73. The Morgan fingerprint density at radius 1 is 1.12 bits per heavy atom. The van der Waals surface area contributed by atoms with Gasteiger partial charge in [0, 0.05) is 11.8 Å². The van der Waals surface area contributed by atoms with E-state index in [0.29, 0.717) is 18.4 Å². The van der Waals surface area contributed by atoms with Crippen molar-refractivity contribution in [2.75, 3.05) is 11.9 Å². The van der Waals surface area contributed by atoms with Crippen LogP contribution < -0.4 is 0 Å². The molecule has 1 rings (SSSR count). The molecule has 1 aromatic carbocycles. The third-order valence-electron chi connectivity index (χ3n) is 2.53. The number of hydrogen-bond donors (Lipinski definition) is 0. The van der Waals surface area contributed by atoms with Gasteiger partial charge in [0.05, 0.1) is 0 Å². The van der Waals surface area contributed by atoms with Crippen molar-refractivity contribution >= 4 is 21.9 Å². The van der Waals surface area contributed by atoms with Gasteiger partial charge in [-0.2, -0.15) is 0 Å². The molecule has 17 heavy (non-hydrogen) atoms. The van der Waals surface area contributed by atoms with Crippen LogP contribution in [0.4, 0.5) is 0 Å². The highest BCUT2D eigenvalue weighted by Crippen LogP contribution is 2.08. The summed E-state index contributed by atoms with van der Waals surface area (Å²) in [6, 6.07) is 10.4. The molecular formula is C14H19BrO2. The molecule has 0 aliphatic rings. The van der Waals surface area contributed by atoms with Crippen LogP contribution in [0.5, 0.6) is 0 Å². The summed E-state index contributed by atoms with van der Waals surface area (Å²) in [5, 5.41) is 0.715. The number of hydrogen-bond acceptors (Lipinski definition) is 2. The van der Waals surface area contributed by atoms with Crippen LogP contribution in [0.2, 0.25) is 0 Å². The zero-order valence-corrected chi connectivity index (χ0v) is 11.6. The smallest absolute Gasteiger partial charge is 0.305 e. The number of carbonyl (C=O) groups excluding carboxylic acids is 1. The molecule has 0 atom stereocenters. The molecule has 0 fully saturated rings. The lowest BCUT2D eigenvalue weighted by molar-refractivity contribution is -0.143. The first kappa shape index (κ1) is 14.2. The number of benzene rings is 1. The molecule has 3 heteroatoms. The van der Waals surface area contributed by atoms with Crippen molar-refractivity contribution in [2.45, 2.75) is 32.1 Å². The summed E-state index contributed by atoms with van der Waals surface area (Å²) in [5.74, 6) is -0.0795. The van der Waals surface area contributed by atoms with Crippen molar-refractivity contribution in [1.82, 2.24) is 0 Å². The molecule has 0 aliphatic heterocycles. The van der Waals surface area contributed by atoms with E-state index in [-0.39, 0.29) is 5.97 Å². The van der Waals surface area contributed by atoms with E-state index < -0.39 is 0 Å². The SMILES string of the molecule is O=C(CCCCCc1ccccc1)OCCBr. The number of halogens is 1. The molecular weight excluding hydrogens is 280 g/mol. The topological polar surface area (TPSA) is 26.3 Å². The monoisotopic (exact) mass is 298 g/mol. The number of rotatable bonds is 8. The third kappa shape index (κ3) is 7.16. The van der Waals surface area contributed by atoms with Crippen LogP contribution in [0.1, 0.15) is 31.2 Å². The first-order valence-electron chi connectivity index (χ1n) is 6.08. The van der Waals surface area contributed by atoms with Crippen molar-refractivity contribution in [1.29, 1.82) is 0 Å². The summed E-state index contributed by atoms with van der Waals surface area (Å²) in [5.41, 5.74) is 1.37. The number of aryl methyl sites for hydroxylation is 1. The summed E-state index contributed by atoms with van der Waals surface area (Å²) < 4.78 is 4.97. The fourth-order valence-corrected chi connectivity index (χ4v) is 1.81. The molecule has 0 spiro atoms. The Labute approximate surface area is 111 Å². The largest absolute Gasteiger partial charge is 0.465 e. The van der Waals surface area contributed by atoms with Gasteiger partial charge < -0.3 is 4.74 Å². The molecule has 0 aromatic heterocycles. The average Bonchev–Trinajstić information content (AvgIpc) is 2.37. The molecule has 0 heterocycles. The van der Waals surface area contributed by atoms with Gasteiger partial charge in [-0.3, -0.25) is 4.79 Å². The van der Waals surface area contributed by atoms with E-state index in [1.807, 2.05) is 6.07 Å². The number of carbonyl (C=O) groups is 1. The van der Waals surface area contributed by atoms with Gasteiger partial charge in [0.25, 0.3) is 0 Å². The van der Waals surface area contributed by atoms with E-state index in [1.165, 1.54) is 5.56 Å². The van der Waals surface area contributed by atoms with Gasteiger partial charge in [-0.1, -0.05) is 52.7 Å². The zero-order chi connectivity index (χ0) is 12.3. The molecule has 0 unspecified atom stereocenters. The Morgan fingerprint density at radius 3 is 2.59 bits per heavy atom. The summed E-state index contributed by atoms with van der Waals surface area (Å²) in [6.45, 7) is 0.475. The number of esters is 1. The summed E-state index contributed by atoms with van der Waals surface area (Å²) in [7, 11) is 0. The van der Waals surface area contributed by atoms with Gasteiger partial charge in [0.1, 0.15) is 6.61 Å². The highest BCUT2D eigenvalue weighted by molar-refractivity contribution is 9.09. The van der Waals surface area contributed by atoms with Crippen LogP contribution in [0.3, 0.4) is 0 Å². The molecule has 94 valence electrons. The van der Waals surface area contributed by atoms with Crippen LogP contribution in [0.25, 0.3) is 0 Å². The molecule has 0 saturated carbocycles. The molecule has 0 aliphatic carbocycles. The van der Waals surface area contributed by atoms with E-state index in [0.717, 1.165) is 25.7 Å². The molecule has 0 N–H and O–H groups in total. The van der Waals surface area contributed by atoms with Crippen molar-refractivity contribution < 1.29 is 9.53 Å². The van der Waals surface area contributed by atoms with Crippen LogP contribution in [0.15, 0.2) is 30.3 Å². The molecule has 0 radical (unpaired) electrons. The van der Waals surface area contributed by atoms with Crippen LogP contribution in [0, 0.1) is 0 Å². The van der Waals surface area contributed by atoms with E-state index >= 15 is 0 Å². The lowest BCUT2D eigenvalue weighted by Crippen LogP contribution is -2.06. The van der Waals surface area contributed by atoms with Gasteiger partial charge in [-0.25, -0.2) is 0 Å². The van der Waals surface area contributed by atoms with Gasteiger partial charge in [-0.15, -0.1) is 0 Å². The lowest BCUT2D eigenvalue weighted by Gasteiger charge is -2.03. The normalized spacial score (nSPS) is 10.2. The molecule has 0 amide bonds. The minimum Gasteiger partial charge on any atom is -0.465 e. The number of ether oxygens (including phenoxy) is 1. The quantitative estimate of drug-likeness (QED) is 0.415. The standard InChI is InChI=1S/C14H19BrO2/c15-11-12-17-14(16)10-6-2-5-9-13-7-3-1-4-8-13/h1,3-4,7-8H,2,5-6,9-12H2. The first-order valence-corrected chi connectivity index (χ1v) is 7.20. The minimum absolute atomic E-state index is 0.0795. The van der Waals surface area contributed by atoms with Crippen molar-refractivity contribution in [3.63, 3.8) is 0 Å². The Morgan fingerprint density at radius 2 is 1.88 bits per heavy atom. The maximum Gasteiger partial charge on any atom is 0.305 e. The van der Waals surface area contributed by atoms with E-state index in [4.69, 9.17) is 4.74 Å². The van der Waals surface area contributed by atoms with Crippen molar-refractivity contribution in [3.8, 4) is 0 Å². The Kier molecular flexibility index (Phi) is 7.72. The molecule has 2 nitrogen and oxygen atoms in total. The van der Waals surface area contributed by atoms with Gasteiger partial charge in [-0.05, 0) is 24.8 Å². The second-order valence-electron chi connectivity index (χ2n) is 3.96. The fourth-order valence-electron chi connectivity index (χ4n) is 1.64. The Balaban J connectivity index is 1.99. The number of unbranched alkanes of at least 4 members (excludes halogenated alkanes) is 2. The van der Waals surface area contributed by atoms with Gasteiger partial charge >= 0.3 is 5.97 Å². The maximum absolute atomic E-state index is 11.2. The van der Waals surface area contributed by atoms with Crippen LogP contribution in [-0.2, 0) is 16.0 Å². The fraction of sp³-hybridized carbons (Fsp3) is 0.500. The maximum atomic E-state index is 11.2. The zero-order valence-electron chi connectivity index (χ0n) is 10.0. The van der Waals surface area contributed by atoms with Crippen molar-refractivity contribution in [2.24, 2.45) is 0 Å². The van der Waals surface area contributed by atoms with E-state index in [9.17, 15) is 4.79 Å². The minimum atomic E-state index is -0.0795. The van der Waals surface area contributed by atoms with Crippen molar-refractivity contribution in [3.05, 3.63) is 35.9 Å². The lowest BCUT2D eigenvalue weighted by atomic mass is 10.1. The second-order valence-corrected chi connectivity index (χ2v) is 4.75. The van der Waals surface area contributed by atoms with E-state index in [1.54, 1.807) is 0 Å². The summed E-state index contributed by atoms with van der Waals surface area (Å²) in [6.07, 6.45) is 4.78.